The fourth-order valence-electron chi connectivity index (χ4n) is 1.78. The van der Waals surface area contributed by atoms with Gasteiger partial charge < -0.3 is 5.32 Å². The minimum Gasteiger partial charge on any atom is -0.316 e. The van der Waals surface area contributed by atoms with E-state index in [2.05, 4.69) is 44.3 Å². The molecule has 0 saturated heterocycles. The maximum Gasteiger partial charge on any atom is 0.0521 e. The summed E-state index contributed by atoms with van der Waals surface area (Å²) in [5.74, 6) is 1.41. The van der Waals surface area contributed by atoms with E-state index in [1.165, 1.54) is 5.56 Å². The number of hydrogen-bond donors (Lipinski definition) is 1. The standard InChI is InChI=1S/C13H25N3/c1-5-16-10-13(9-15-16)6-12(4)8-14-7-11(2)3/h9-12,14H,5-8H2,1-4H3. The number of hydrogen-bond acceptors (Lipinski definition) is 2. The van der Waals surface area contributed by atoms with E-state index in [-0.39, 0.29) is 0 Å². The van der Waals surface area contributed by atoms with Crippen molar-refractivity contribution >= 4 is 0 Å². The zero-order valence-corrected chi connectivity index (χ0v) is 11.0. The van der Waals surface area contributed by atoms with E-state index >= 15 is 0 Å². The van der Waals surface area contributed by atoms with Crippen molar-refractivity contribution in [3.05, 3.63) is 18.0 Å². The van der Waals surface area contributed by atoms with Crippen LogP contribution in [0.15, 0.2) is 12.4 Å². The molecule has 92 valence electrons. The Kier molecular flexibility index (Phi) is 5.53. The van der Waals surface area contributed by atoms with Crippen LogP contribution in [0.3, 0.4) is 0 Å². The summed E-state index contributed by atoms with van der Waals surface area (Å²) < 4.78 is 1.99. The second kappa shape index (κ2) is 6.69. The summed E-state index contributed by atoms with van der Waals surface area (Å²) in [5.41, 5.74) is 1.35. The zero-order chi connectivity index (χ0) is 12.0. The summed E-state index contributed by atoms with van der Waals surface area (Å²) in [6, 6.07) is 0. The first-order valence-electron chi connectivity index (χ1n) is 6.33. The number of nitrogens with zero attached hydrogens (tertiary/aromatic N) is 2. The number of nitrogens with one attached hydrogen (secondary N) is 1. The molecule has 1 N–H and O–H groups in total. The fourth-order valence-corrected chi connectivity index (χ4v) is 1.78. The topological polar surface area (TPSA) is 29.9 Å². The van der Waals surface area contributed by atoms with Gasteiger partial charge in [0.15, 0.2) is 0 Å². The van der Waals surface area contributed by atoms with Crippen LogP contribution in [0.1, 0.15) is 33.3 Å². The molecule has 0 saturated carbocycles. The van der Waals surface area contributed by atoms with E-state index in [0.717, 1.165) is 32.0 Å². The van der Waals surface area contributed by atoms with Crippen molar-refractivity contribution in [2.24, 2.45) is 11.8 Å². The SMILES string of the molecule is CCn1cc(CC(C)CNCC(C)C)cn1. The summed E-state index contributed by atoms with van der Waals surface area (Å²) >= 11 is 0. The van der Waals surface area contributed by atoms with E-state index in [1.54, 1.807) is 0 Å². The second-order valence-electron chi connectivity index (χ2n) is 5.07. The summed E-state index contributed by atoms with van der Waals surface area (Å²) in [7, 11) is 0. The Hall–Kier alpha value is -0.830. The van der Waals surface area contributed by atoms with Gasteiger partial charge in [-0.1, -0.05) is 20.8 Å². The highest BCUT2D eigenvalue weighted by atomic mass is 15.3. The van der Waals surface area contributed by atoms with Gasteiger partial charge in [0.05, 0.1) is 6.20 Å². The normalized spacial score (nSPS) is 13.3. The molecule has 1 heterocycles. The molecule has 0 fully saturated rings. The predicted molar refractivity (Wildman–Crippen MR) is 68.5 cm³/mol. The average Bonchev–Trinajstić information content (AvgIpc) is 2.65. The lowest BCUT2D eigenvalue weighted by Crippen LogP contribution is -2.26. The molecule has 1 aromatic heterocycles. The van der Waals surface area contributed by atoms with Crippen molar-refractivity contribution in [2.45, 2.75) is 40.7 Å². The lowest BCUT2D eigenvalue weighted by atomic mass is 10.0. The number of aryl methyl sites for hydroxylation is 1. The highest BCUT2D eigenvalue weighted by Crippen LogP contribution is 2.07. The van der Waals surface area contributed by atoms with Gasteiger partial charge in [-0.15, -0.1) is 0 Å². The molecule has 1 atom stereocenters. The van der Waals surface area contributed by atoms with Crippen LogP contribution < -0.4 is 5.32 Å². The first-order chi connectivity index (χ1) is 7.61. The Labute approximate surface area is 99.2 Å². The summed E-state index contributed by atoms with van der Waals surface area (Å²) in [6.45, 7) is 12.0. The molecule has 1 rings (SSSR count). The van der Waals surface area contributed by atoms with Crippen LogP contribution in [-0.2, 0) is 13.0 Å². The third kappa shape index (κ3) is 4.79. The molecule has 3 nitrogen and oxygen atoms in total. The first-order valence-corrected chi connectivity index (χ1v) is 6.33. The Morgan fingerprint density at radius 1 is 1.31 bits per heavy atom. The molecule has 0 aliphatic rings. The van der Waals surface area contributed by atoms with Crippen LogP contribution in [0, 0.1) is 11.8 Å². The molecule has 16 heavy (non-hydrogen) atoms. The van der Waals surface area contributed by atoms with Gasteiger partial charge in [0.2, 0.25) is 0 Å². The molecule has 1 unspecified atom stereocenters. The van der Waals surface area contributed by atoms with Gasteiger partial charge in [-0.05, 0) is 43.8 Å². The van der Waals surface area contributed by atoms with Crippen molar-refractivity contribution in [3.63, 3.8) is 0 Å². The lowest BCUT2D eigenvalue weighted by Gasteiger charge is -2.12. The third-order valence-corrected chi connectivity index (χ3v) is 2.64. The Bertz CT molecular complexity index is 291. The summed E-state index contributed by atoms with van der Waals surface area (Å²) in [6.07, 6.45) is 5.26. The Morgan fingerprint density at radius 3 is 2.62 bits per heavy atom. The van der Waals surface area contributed by atoms with Crippen LogP contribution in [-0.4, -0.2) is 22.9 Å². The molecular weight excluding hydrogens is 198 g/mol. The highest BCUT2D eigenvalue weighted by molar-refractivity contribution is 5.04. The van der Waals surface area contributed by atoms with Gasteiger partial charge >= 0.3 is 0 Å². The van der Waals surface area contributed by atoms with E-state index in [9.17, 15) is 0 Å². The van der Waals surface area contributed by atoms with E-state index in [4.69, 9.17) is 0 Å². The number of aromatic nitrogens is 2. The summed E-state index contributed by atoms with van der Waals surface area (Å²) in [5, 5.41) is 7.79. The number of rotatable bonds is 7. The maximum absolute atomic E-state index is 4.29. The minimum absolute atomic E-state index is 0.674. The molecule has 0 aromatic carbocycles. The third-order valence-electron chi connectivity index (χ3n) is 2.64. The van der Waals surface area contributed by atoms with Crippen molar-refractivity contribution in [3.8, 4) is 0 Å². The lowest BCUT2D eigenvalue weighted by molar-refractivity contribution is 0.473. The first kappa shape index (κ1) is 13.2. The van der Waals surface area contributed by atoms with Crippen LogP contribution in [0.5, 0.6) is 0 Å². The molecule has 0 radical (unpaired) electrons. The van der Waals surface area contributed by atoms with Crippen LogP contribution >= 0.6 is 0 Å². The monoisotopic (exact) mass is 223 g/mol. The molecule has 0 aliphatic carbocycles. The Balaban J connectivity index is 2.25. The van der Waals surface area contributed by atoms with Crippen molar-refractivity contribution in [1.29, 1.82) is 0 Å². The van der Waals surface area contributed by atoms with Crippen molar-refractivity contribution in [1.82, 2.24) is 15.1 Å². The fraction of sp³-hybridized carbons (Fsp3) is 0.769. The predicted octanol–water partition coefficient (Wildman–Crippen LogP) is 2.33. The quantitative estimate of drug-likeness (QED) is 0.769. The largest absolute Gasteiger partial charge is 0.316 e. The van der Waals surface area contributed by atoms with Crippen LogP contribution in [0.4, 0.5) is 0 Å². The smallest absolute Gasteiger partial charge is 0.0521 e. The van der Waals surface area contributed by atoms with Gasteiger partial charge in [-0.3, -0.25) is 4.68 Å². The molecule has 0 spiro atoms. The van der Waals surface area contributed by atoms with Crippen molar-refractivity contribution < 1.29 is 0 Å². The van der Waals surface area contributed by atoms with Crippen molar-refractivity contribution in [2.75, 3.05) is 13.1 Å². The molecule has 0 amide bonds. The molecular formula is C13H25N3. The highest BCUT2D eigenvalue weighted by Gasteiger charge is 2.05. The maximum atomic E-state index is 4.29. The van der Waals surface area contributed by atoms with Gasteiger partial charge in [-0.2, -0.15) is 5.10 Å². The van der Waals surface area contributed by atoms with E-state index < -0.39 is 0 Å². The van der Waals surface area contributed by atoms with Crippen LogP contribution in [0.25, 0.3) is 0 Å². The van der Waals surface area contributed by atoms with E-state index in [1.807, 2.05) is 10.9 Å². The Morgan fingerprint density at radius 2 is 2.06 bits per heavy atom. The average molecular weight is 223 g/mol. The molecule has 1 aromatic rings. The van der Waals surface area contributed by atoms with E-state index in [0.29, 0.717) is 5.92 Å². The molecule has 3 heteroatoms. The van der Waals surface area contributed by atoms with Gasteiger partial charge in [0.25, 0.3) is 0 Å². The molecule has 0 bridgehead atoms. The summed E-state index contributed by atoms with van der Waals surface area (Å²) in [4.78, 5) is 0. The van der Waals surface area contributed by atoms with Gasteiger partial charge in [0.1, 0.15) is 0 Å². The second-order valence-corrected chi connectivity index (χ2v) is 5.07. The molecule has 0 aliphatic heterocycles. The van der Waals surface area contributed by atoms with Gasteiger partial charge in [-0.25, -0.2) is 0 Å². The van der Waals surface area contributed by atoms with Gasteiger partial charge in [0, 0.05) is 12.7 Å². The minimum atomic E-state index is 0.674. The zero-order valence-electron chi connectivity index (χ0n) is 11.0. The van der Waals surface area contributed by atoms with Crippen LogP contribution in [0.2, 0.25) is 0 Å².